The molecule has 2 aliphatic rings. The van der Waals surface area contributed by atoms with Gasteiger partial charge in [-0.15, -0.1) is 0 Å². The standard InChI is InChI=1S/C9H14FNO2/c10-7-5-4-6-2-1-3-8(7)11(6)9(12)13/h6-8H,1-5H2,(H,12,13). The number of hydrogen-bond donors (Lipinski definition) is 1. The monoisotopic (exact) mass is 187 g/mol. The molecule has 2 heterocycles. The van der Waals surface area contributed by atoms with Crippen molar-refractivity contribution in [1.29, 1.82) is 0 Å². The molecule has 2 bridgehead atoms. The fourth-order valence-corrected chi connectivity index (χ4v) is 2.59. The van der Waals surface area contributed by atoms with Crippen LogP contribution in [-0.4, -0.2) is 34.4 Å². The van der Waals surface area contributed by atoms with Gasteiger partial charge in [0.15, 0.2) is 0 Å². The molecule has 0 aromatic heterocycles. The minimum atomic E-state index is -0.947. The summed E-state index contributed by atoms with van der Waals surface area (Å²) in [6, 6.07) is -0.270. The molecule has 0 spiro atoms. The highest BCUT2D eigenvalue weighted by molar-refractivity contribution is 5.66. The third-order valence-electron chi connectivity index (χ3n) is 3.20. The van der Waals surface area contributed by atoms with E-state index in [1.54, 1.807) is 0 Å². The molecule has 3 unspecified atom stereocenters. The third-order valence-corrected chi connectivity index (χ3v) is 3.20. The number of halogens is 1. The average Bonchev–Trinajstić information content (AvgIpc) is 2.11. The van der Waals surface area contributed by atoms with E-state index < -0.39 is 12.3 Å². The molecular formula is C9H14FNO2. The molecule has 2 rings (SSSR count). The fraction of sp³-hybridized carbons (Fsp3) is 0.889. The van der Waals surface area contributed by atoms with E-state index in [2.05, 4.69) is 0 Å². The average molecular weight is 187 g/mol. The van der Waals surface area contributed by atoms with Crippen LogP contribution in [0, 0.1) is 0 Å². The first-order valence-electron chi connectivity index (χ1n) is 4.85. The van der Waals surface area contributed by atoms with Gasteiger partial charge in [0, 0.05) is 6.04 Å². The second-order valence-electron chi connectivity index (χ2n) is 3.94. The Morgan fingerprint density at radius 2 is 2.08 bits per heavy atom. The maximum atomic E-state index is 13.4. The molecule has 1 N–H and O–H groups in total. The van der Waals surface area contributed by atoms with Gasteiger partial charge < -0.3 is 5.11 Å². The van der Waals surface area contributed by atoms with Crippen LogP contribution in [0.3, 0.4) is 0 Å². The molecule has 4 heteroatoms. The Labute approximate surface area is 76.5 Å². The fourth-order valence-electron chi connectivity index (χ4n) is 2.59. The van der Waals surface area contributed by atoms with Crippen LogP contribution in [0.5, 0.6) is 0 Å². The number of amides is 1. The van der Waals surface area contributed by atoms with Crippen LogP contribution in [0.15, 0.2) is 0 Å². The van der Waals surface area contributed by atoms with Crippen molar-refractivity contribution in [1.82, 2.24) is 4.90 Å². The molecule has 2 saturated heterocycles. The van der Waals surface area contributed by atoms with Gasteiger partial charge in [0.25, 0.3) is 0 Å². The lowest BCUT2D eigenvalue weighted by Gasteiger charge is -2.45. The summed E-state index contributed by atoms with van der Waals surface area (Å²) >= 11 is 0. The van der Waals surface area contributed by atoms with Gasteiger partial charge in [0.2, 0.25) is 0 Å². The summed E-state index contributed by atoms with van der Waals surface area (Å²) in [5.41, 5.74) is 0. The normalized spacial score (nSPS) is 38.8. The SMILES string of the molecule is O=C(O)N1C2CCCC1C(F)CC2. The smallest absolute Gasteiger partial charge is 0.407 e. The predicted octanol–water partition coefficient (Wildman–Crippen LogP) is 2.02. The first-order valence-corrected chi connectivity index (χ1v) is 4.85. The molecule has 74 valence electrons. The largest absolute Gasteiger partial charge is 0.465 e. The molecular weight excluding hydrogens is 173 g/mol. The number of piperidine rings is 2. The van der Waals surface area contributed by atoms with E-state index in [9.17, 15) is 9.18 Å². The molecule has 0 aromatic rings. The van der Waals surface area contributed by atoms with E-state index in [0.29, 0.717) is 19.3 Å². The summed E-state index contributed by atoms with van der Waals surface area (Å²) in [5.74, 6) is 0. The van der Waals surface area contributed by atoms with E-state index in [0.717, 1.165) is 12.8 Å². The number of fused-ring (bicyclic) bond motifs is 2. The number of hydrogen-bond acceptors (Lipinski definition) is 1. The van der Waals surface area contributed by atoms with Crippen LogP contribution >= 0.6 is 0 Å². The van der Waals surface area contributed by atoms with E-state index in [1.165, 1.54) is 4.90 Å². The molecule has 0 saturated carbocycles. The molecule has 2 fully saturated rings. The van der Waals surface area contributed by atoms with Crippen molar-refractivity contribution in [2.45, 2.75) is 50.4 Å². The Morgan fingerprint density at radius 1 is 1.31 bits per heavy atom. The Balaban J connectivity index is 2.18. The summed E-state index contributed by atoms with van der Waals surface area (Å²) in [4.78, 5) is 12.2. The number of rotatable bonds is 0. The molecule has 3 nitrogen and oxygen atoms in total. The van der Waals surface area contributed by atoms with Gasteiger partial charge in [-0.2, -0.15) is 0 Å². The van der Waals surface area contributed by atoms with E-state index in [4.69, 9.17) is 5.11 Å². The summed E-state index contributed by atoms with van der Waals surface area (Å²) in [6.45, 7) is 0. The Bertz CT molecular complexity index is 222. The molecule has 3 atom stereocenters. The van der Waals surface area contributed by atoms with Gasteiger partial charge in [-0.25, -0.2) is 9.18 Å². The van der Waals surface area contributed by atoms with Crippen LogP contribution in [0.2, 0.25) is 0 Å². The van der Waals surface area contributed by atoms with E-state index in [-0.39, 0.29) is 12.1 Å². The zero-order valence-electron chi connectivity index (χ0n) is 7.45. The molecule has 13 heavy (non-hydrogen) atoms. The Hall–Kier alpha value is -0.800. The lowest BCUT2D eigenvalue weighted by Crippen LogP contribution is -2.56. The van der Waals surface area contributed by atoms with Gasteiger partial charge in [-0.3, -0.25) is 4.90 Å². The van der Waals surface area contributed by atoms with E-state index >= 15 is 0 Å². The number of carboxylic acid groups (broad SMARTS) is 1. The van der Waals surface area contributed by atoms with Crippen LogP contribution in [0.1, 0.15) is 32.1 Å². The Kier molecular flexibility index (Phi) is 2.14. The Morgan fingerprint density at radius 3 is 2.69 bits per heavy atom. The maximum Gasteiger partial charge on any atom is 0.407 e. The minimum Gasteiger partial charge on any atom is -0.465 e. The predicted molar refractivity (Wildman–Crippen MR) is 45.4 cm³/mol. The maximum absolute atomic E-state index is 13.4. The summed E-state index contributed by atoms with van der Waals surface area (Å²) in [6.07, 6.45) is 1.94. The van der Waals surface area contributed by atoms with Gasteiger partial charge >= 0.3 is 6.09 Å². The second kappa shape index (κ2) is 3.16. The molecule has 2 aliphatic heterocycles. The van der Waals surface area contributed by atoms with Crippen LogP contribution < -0.4 is 0 Å². The van der Waals surface area contributed by atoms with Crippen molar-refractivity contribution in [3.63, 3.8) is 0 Å². The van der Waals surface area contributed by atoms with Crippen LogP contribution in [-0.2, 0) is 0 Å². The third kappa shape index (κ3) is 1.38. The summed E-state index contributed by atoms with van der Waals surface area (Å²) in [7, 11) is 0. The van der Waals surface area contributed by atoms with Crippen molar-refractivity contribution in [3.8, 4) is 0 Å². The minimum absolute atomic E-state index is 0.0863. The molecule has 0 radical (unpaired) electrons. The zero-order valence-corrected chi connectivity index (χ0v) is 7.45. The highest BCUT2D eigenvalue weighted by Crippen LogP contribution is 2.35. The van der Waals surface area contributed by atoms with Crippen LogP contribution in [0.4, 0.5) is 9.18 Å². The first kappa shape index (κ1) is 8.78. The second-order valence-corrected chi connectivity index (χ2v) is 3.94. The van der Waals surface area contributed by atoms with Crippen molar-refractivity contribution in [2.75, 3.05) is 0 Å². The number of carbonyl (C=O) groups is 1. The number of nitrogens with zero attached hydrogens (tertiary/aromatic N) is 1. The zero-order chi connectivity index (χ0) is 9.42. The van der Waals surface area contributed by atoms with Crippen molar-refractivity contribution < 1.29 is 14.3 Å². The quantitative estimate of drug-likeness (QED) is 0.630. The van der Waals surface area contributed by atoms with Gasteiger partial charge in [-0.05, 0) is 32.1 Å². The molecule has 1 amide bonds. The van der Waals surface area contributed by atoms with Gasteiger partial charge in [-0.1, -0.05) is 0 Å². The number of alkyl halides is 1. The highest BCUT2D eigenvalue weighted by Gasteiger charge is 2.42. The van der Waals surface area contributed by atoms with Gasteiger partial charge in [0.1, 0.15) is 6.17 Å². The molecule has 0 aliphatic carbocycles. The van der Waals surface area contributed by atoms with Crippen molar-refractivity contribution >= 4 is 6.09 Å². The lowest BCUT2D eigenvalue weighted by molar-refractivity contribution is -0.00163. The van der Waals surface area contributed by atoms with E-state index in [1.807, 2.05) is 0 Å². The first-order chi connectivity index (χ1) is 6.20. The topological polar surface area (TPSA) is 40.5 Å². The summed E-state index contributed by atoms with van der Waals surface area (Å²) < 4.78 is 13.4. The highest BCUT2D eigenvalue weighted by atomic mass is 19.1. The lowest BCUT2D eigenvalue weighted by atomic mass is 9.84. The summed E-state index contributed by atoms with van der Waals surface area (Å²) in [5, 5.41) is 8.92. The van der Waals surface area contributed by atoms with Crippen molar-refractivity contribution in [2.24, 2.45) is 0 Å². The van der Waals surface area contributed by atoms with Crippen molar-refractivity contribution in [3.05, 3.63) is 0 Å². The van der Waals surface area contributed by atoms with Gasteiger partial charge in [0.05, 0.1) is 6.04 Å². The molecule has 0 aromatic carbocycles. The van der Waals surface area contributed by atoms with Crippen LogP contribution in [0.25, 0.3) is 0 Å².